The van der Waals surface area contributed by atoms with E-state index in [1.165, 1.54) is 11.8 Å². The summed E-state index contributed by atoms with van der Waals surface area (Å²) in [7, 11) is 1.62. The van der Waals surface area contributed by atoms with Crippen molar-refractivity contribution in [2.75, 3.05) is 29.7 Å². The molecule has 6 nitrogen and oxygen atoms in total. The molecule has 0 spiro atoms. The third-order valence-electron chi connectivity index (χ3n) is 5.02. The van der Waals surface area contributed by atoms with Crippen LogP contribution in [0.2, 0.25) is 0 Å². The number of benzene rings is 3. The molecule has 0 saturated heterocycles. The zero-order valence-corrected chi connectivity index (χ0v) is 21.8. The number of hydrogen-bond acceptors (Lipinski definition) is 5. The first-order valence-electron chi connectivity index (χ1n) is 11.5. The maximum Gasteiger partial charge on any atom is 0.237 e. The molecule has 3 rings (SSSR count). The minimum absolute atomic E-state index is 0.0682. The quantitative estimate of drug-likeness (QED) is 0.149. The average Bonchev–Trinajstić information content (AvgIpc) is 2.85. The highest BCUT2D eigenvalue weighted by atomic mass is 32.2. The predicted molar refractivity (Wildman–Crippen MR) is 150 cm³/mol. The Hall–Kier alpha value is -3.23. The Morgan fingerprint density at radius 2 is 1.74 bits per heavy atom. The number of thioether (sulfide) groups is 1. The van der Waals surface area contributed by atoms with Crippen molar-refractivity contribution in [3.05, 3.63) is 72.8 Å². The van der Waals surface area contributed by atoms with E-state index in [4.69, 9.17) is 21.7 Å². The first-order valence-corrected chi connectivity index (χ1v) is 12.8. The maximum absolute atomic E-state index is 12.7. The molecule has 8 heteroatoms. The monoisotopic (exact) mass is 509 g/mol. The molecule has 3 N–H and O–H groups in total. The van der Waals surface area contributed by atoms with E-state index < -0.39 is 0 Å². The highest BCUT2D eigenvalue weighted by molar-refractivity contribution is 8.00. The van der Waals surface area contributed by atoms with Gasteiger partial charge < -0.3 is 25.4 Å². The van der Waals surface area contributed by atoms with Crippen LogP contribution in [0.3, 0.4) is 0 Å². The molecule has 0 radical (unpaired) electrons. The van der Waals surface area contributed by atoms with E-state index in [0.29, 0.717) is 17.5 Å². The molecule has 0 aliphatic carbocycles. The summed E-state index contributed by atoms with van der Waals surface area (Å²) in [6.07, 6.45) is 2.11. The van der Waals surface area contributed by atoms with Gasteiger partial charge in [-0.3, -0.25) is 4.79 Å². The Kier molecular flexibility index (Phi) is 10.3. The van der Waals surface area contributed by atoms with E-state index in [2.05, 4.69) is 22.9 Å². The second-order valence-electron chi connectivity index (χ2n) is 7.78. The van der Waals surface area contributed by atoms with Gasteiger partial charge in [0.1, 0.15) is 11.5 Å². The second-order valence-corrected chi connectivity index (χ2v) is 9.61. The van der Waals surface area contributed by atoms with Crippen molar-refractivity contribution < 1.29 is 14.3 Å². The molecule has 0 aliphatic heterocycles. The van der Waals surface area contributed by atoms with E-state index in [1.54, 1.807) is 7.11 Å². The normalized spacial score (nSPS) is 11.3. The number of methoxy groups -OCH3 is 1. The zero-order valence-electron chi connectivity index (χ0n) is 20.2. The largest absolute Gasteiger partial charge is 0.495 e. The number of ether oxygens (including phenoxy) is 2. The van der Waals surface area contributed by atoms with Gasteiger partial charge in [-0.25, -0.2) is 0 Å². The molecule has 1 atom stereocenters. The number of nitrogens with one attached hydrogen (secondary N) is 3. The maximum atomic E-state index is 12.7. The van der Waals surface area contributed by atoms with Crippen molar-refractivity contribution in [2.45, 2.75) is 36.8 Å². The topological polar surface area (TPSA) is 71.6 Å². The summed E-state index contributed by atoms with van der Waals surface area (Å²) in [5, 5.41) is 9.46. The van der Waals surface area contributed by atoms with Gasteiger partial charge in [-0.2, -0.15) is 0 Å². The van der Waals surface area contributed by atoms with Crippen LogP contribution in [0.25, 0.3) is 0 Å². The fourth-order valence-electron chi connectivity index (χ4n) is 3.15. The minimum Gasteiger partial charge on any atom is -0.495 e. The summed E-state index contributed by atoms with van der Waals surface area (Å²) >= 11 is 6.93. The lowest BCUT2D eigenvalue weighted by molar-refractivity contribution is -0.115. The third kappa shape index (κ3) is 8.49. The molecule has 0 heterocycles. The van der Waals surface area contributed by atoms with Crippen LogP contribution in [0.1, 0.15) is 26.7 Å². The Morgan fingerprint density at radius 1 is 0.971 bits per heavy atom. The minimum atomic E-state index is -0.288. The first-order chi connectivity index (χ1) is 17.0. The molecule has 0 aliphatic rings. The number of anilines is 3. The molecule has 0 aromatic heterocycles. The number of thiocarbonyl (C=S) groups is 1. The van der Waals surface area contributed by atoms with E-state index >= 15 is 0 Å². The van der Waals surface area contributed by atoms with Crippen LogP contribution >= 0.6 is 24.0 Å². The van der Waals surface area contributed by atoms with Crippen molar-refractivity contribution in [3.8, 4) is 11.5 Å². The summed E-state index contributed by atoms with van der Waals surface area (Å²) in [6.45, 7) is 4.71. The Labute approximate surface area is 216 Å². The highest BCUT2D eigenvalue weighted by Crippen LogP contribution is 2.28. The van der Waals surface area contributed by atoms with Crippen LogP contribution in [-0.4, -0.2) is 30.0 Å². The van der Waals surface area contributed by atoms with Gasteiger partial charge in [0.25, 0.3) is 0 Å². The molecule has 3 aromatic rings. The van der Waals surface area contributed by atoms with Crippen molar-refractivity contribution in [1.29, 1.82) is 0 Å². The van der Waals surface area contributed by atoms with E-state index in [-0.39, 0.29) is 11.2 Å². The second kappa shape index (κ2) is 13.6. The smallest absolute Gasteiger partial charge is 0.237 e. The van der Waals surface area contributed by atoms with Crippen LogP contribution in [0.4, 0.5) is 17.1 Å². The van der Waals surface area contributed by atoms with Crippen molar-refractivity contribution in [2.24, 2.45) is 0 Å². The van der Waals surface area contributed by atoms with Crippen molar-refractivity contribution in [3.63, 3.8) is 0 Å². The molecule has 184 valence electrons. The summed E-state index contributed by atoms with van der Waals surface area (Å²) in [5.41, 5.74) is 2.35. The van der Waals surface area contributed by atoms with Gasteiger partial charge in [0.15, 0.2) is 5.11 Å². The van der Waals surface area contributed by atoms with E-state index in [9.17, 15) is 4.79 Å². The lowest BCUT2D eigenvalue weighted by Crippen LogP contribution is -2.22. The van der Waals surface area contributed by atoms with Crippen LogP contribution < -0.4 is 25.4 Å². The molecule has 3 aromatic carbocycles. The standard InChI is InChI=1S/C27H31N3O3S2/c1-4-5-17-33-22-15-13-20(14-16-22)28-26(31)19(2)35-23-10-8-9-21(18-23)29-27(34)30-24-11-6-7-12-25(24)32-3/h6-16,18-19H,4-5,17H2,1-3H3,(H,28,31)(H2,29,30,34). The van der Waals surface area contributed by atoms with Gasteiger partial charge in [0.05, 0.1) is 24.7 Å². The highest BCUT2D eigenvalue weighted by Gasteiger charge is 2.15. The van der Waals surface area contributed by atoms with Gasteiger partial charge in [-0.1, -0.05) is 31.5 Å². The lowest BCUT2D eigenvalue weighted by Gasteiger charge is -2.15. The third-order valence-corrected chi connectivity index (χ3v) is 6.32. The van der Waals surface area contributed by atoms with Crippen molar-refractivity contribution >= 4 is 52.1 Å². The van der Waals surface area contributed by atoms with Crippen LogP contribution in [0.15, 0.2) is 77.7 Å². The molecule has 0 bridgehead atoms. The summed E-state index contributed by atoms with van der Waals surface area (Å²) in [5.74, 6) is 1.45. The fraction of sp³-hybridized carbons (Fsp3) is 0.259. The molecule has 0 saturated carbocycles. The van der Waals surface area contributed by atoms with Crippen molar-refractivity contribution in [1.82, 2.24) is 0 Å². The molecular weight excluding hydrogens is 478 g/mol. The Morgan fingerprint density at radius 3 is 2.49 bits per heavy atom. The van der Waals surface area contributed by atoms with E-state index in [0.717, 1.165) is 40.5 Å². The van der Waals surface area contributed by atoms with Gasteiger partial charge in [0, 0.05) is 16.3 Å². The number of unbranched alkanes of at least 4 members (excludes halogenated alkanes) is 1. The van der Waals surface area contributed by atoms with Crippen LogP contribution in [-0.2, 0) is 4.79 Å². The van der Waals surface area contributed by atoms with Gasteiger partial charge >= 0.3 is 0 Å². The number of para-hydroxylation sites is 2. The number of carbonyl (C=O) groups is 1. The summed E-state index contributed by atoms with van der Waals surface area (Å²) < 4.78 is 11.0. The van der Waals surface area contributed by atoms with Gasteiger partial charge in [0.2, 0.25) is 5.91 Å². The summed E-state index contributed by atoms with van der Waals surface area (Å²) in [4.78, 5) is 13.7. The Balaban J connectivity index is 1.52. The predicted octanol–water partition coefficient (Wildman–Crippen LogP) is 6.80. The summed E-state index contributed by atoms with van der Waals surface area (Å²) in [6, 6.07) is 22.8. The van der Waals surface area contributed by atoms with E-state index in [1.807, 2.05) is 79.7 Å². The van der Waals surface area contributed by atoms with Gasteiger partial charge in [-0.15, -0.1) is 11.8 Å². The number of amides is 1. The number of rotatable bonds is 11. The average molecular weight is 510 g/mol. The zero-order chi connectivity index (χ0) is 25.0. The SMILES string of the molecule is CCCCOc1ccc(NC(=O)C(C)Sc2cccc(NC(=S)Nc3ccccc3OC)c2)cc1. The van der Waals surface area contributed by atoms with Gasteiger partial charge in [-0.05, 0) is 80.2 Å². The molecule has 1 unspecified atom stereocenters. The van der Waals surface area contributed by atoms with Crippen LogP contribution in [0, 0.1) is 0 Å². The molecule has 0 fully saturated rings. The lowest BCUT2D eigenvalue weighted by atomic mass is 10.3. The molecular formula is C27H31N3O3S2. The first kappa shape index (κ1) is 26.4. The molecule has 1 amide bonds. The fourth-order valence-corrected chi connectivity index (χ4v) is 4.30. The number of carbonyl (C=O) groups excluding carboxylic acids is 1. The van der Waals surface area contributed by atoms with Crippen LogP contribution in [0.5, 0.6) is 11.5 Å². The number of hydrogen-bond donors (Lipinski definition) is 3. The Bertz CT molecular complexity index is 1120. The molecule has 35 heavy (non-hydrogen) atoms.